The molecule has 0 bridgehead atoms. The number of benzene rings is 2. The van der Waals surface area contributed by atoms with Crippen LogP contribution in [0.4, 0.5) is 10.6 Å². The maximum absolute atomic E-state index is 11.7. The first-order chi connectivity index (χ1) is 15.9. The fraction of sp³-hybridized carbons (Fsp3) is 0.250. The van der Waals surface area contributed by atoms with E-state index in [1.807, 2.05) is 62.4 Å². The molecule has 5 rings (SSSR count). The molecule has 1 N–H and O–H groups in total. The van der Waals surface area contributed by atoms with Crippen molar-refractivity contribution < 1.29 is 14.4 Å². The second-order valence-corrected chi connectivity index (χ2v) is 8.43. The van der Waals surface area contributed by atoms with Crippen LogP contribution in [0.5, 0.6) is 0 Å². The van der Waals surface area contributed by atoms with Gasteiger partial charge in [0.05, 0.1) is 17.3 Å². The monoisotopic (exact) mass is 463 g/mol. The molecule has 4 aromatic rings. The Morgan fingerprint density at radius 2 is 1.91 bits per heavy atom. The number of nitrogens with zero attached hydrogens (tertiary/aromatic N) is 5. The van der Waals surface area contributed by atoms with E-state index in [1.54, 1.807) is 0 Å². The zero-order valence-electron chi connectivity index (χ0n) is 18.2. The molecule has 168 valence electrons. The summed E-state index contributed by atoms with van der Waals surface area (Å²) in [5.41, 5.74) is 4.42. The molecule has 0 saturated carbocycles. The molecule has 1 atom stereocenters. The van der Waals surface area contributed by atoms with Crippen molar-refractivity contribution in [1.29, 1.82) is 0 Å². The zero-order valence-corrected chi connectivity index (χ0v) is 19.0. The highest BCUT2D eigenvalue weighted by Crippen LogP contribution is 2.37. The predicted octanol–water partition coefficient (Wildman–Crippen LogP) is 5.10. The highest BCUT2D eigenvalue weighted by molar-refractivity contribution is 6.28. The molecule has 2 aromatic heterocycles. The Morgan fingerprint density at radius 3 is 2.61 bits per heavy atom. The summed E-state index contributed by atoms with van der Waals surface area (Å²) in [4.78, 5) is 24.3. The maximum atomic E-state index is 11.7. The van der Waals surface area contributed by atoms with E-state index < -0.39 is 6.09 Å². The molecule has 1 fully saturated rings. The first kappa shape index (κ1) is 21.2. The van der Waals surface area contributed by atoms with Crippen LogP contribution in [0, 0.1) is 13.8 Å². The lowest BCUT2D eigenvalue weighted by molar-refractivity contribution is 0.134. The van der Waals surface area contributed by atoms with E-state index in [0.717, 1.165) is 33.5 Å². The van der Waals surface area contributed by atoms with Crippen LogP contribution in [0.1, 0.15) is 23.1 Å². The number of piperazine rings is 1. The fourth-order valence-electron chi connectivity index (χ4n) is 4.52. The van der Waals surface area contributed by atoms with Gasteiger partial charge in [0.15, 0.2) is 0 Å². The second kappa shape index (κ2) is 8.37. The van der Waals surface area contributed by atoms with Crippen molar-refractivity contribution in [3.63, 3.8) is 0 Å². The Balaban J connectivity index is 1.67. The van der Waals surface area contributed by atoms with Crippen LogP contribution in [0.3, 0.4) is 0 Å². The average molecular weight is 464 g/mol. The van der Waals surface area contributed by atoms with Crippen molar-refractivity contribution in [2.75, 3.05) is 24.5 Å². The zero-order chi connectivity index (χ0) is 23.1. The summed E-state index contributed by atoms with van der Waals surface area (Å²) in [5, 5.41) is 14.7. The van der Waals surface area contributed by atoms with Crippen LogP contribution in [-0.4, -0.2) is 50.9 Å². The summed E-state index contributed by atoms with van der Waals surface area (Å²) in [5.74, 6) is 1.41. The van der Waals surface area contributed by atoms with Gasteiger partial charge in [-0.2, -0.15) is 4.98 Å². The topological polar surface area (TPSA) is 95.6 Å². The molecule has 0 spiro atoms. The van der Waals surface area contributed by atoms with Gasteiger partial charge >= 0.3 is 6.09 Å². The van der Waals surface area contributed by atoms with Crippen molar-refractivity contribution in [2.24, 2.45) is 0 Å². The highest BCUT2D eigenvalue weighted by Gasteiger charge is 2.32. The van der Waals surface area contributed by atoms with E-state index in [0.29, 0.717) is 31.0 Å². The largest absolute Gasteiger partial charge is 0.465 e. The minimum Gasteiger partial charge on any atom is -0.465 e. The Kier molecular flexibility index (Phi) is 5.38. The molecule has 2 aromatic carbocycles. The van der Waals surface area contributed by atoms with Gasteiger partial charge in [0, 0.05) is 30.6 Å². The summed E-state index contributed by atoms with van der Waals surface area (Å²) >= 11 is 6.33. The number of hydrogen-bond donors (Lipinski definition) is 1. The number of carboxylic acid groups (broad SMARTS) is 1. The summed E-state index contributed by atoms with van der Waals surface area (Å²) < 4.78 is 5.36. The van der Waals surface area contributed by atoms with E-state index in [1.165, 1.54) is 4.90 Å². The van der Waals surface area contributed by atoms with E-state index in [2.05, 4.69) is 20.0 Å². The lowest BCUT2D eigenvalue weighted by Gasteiger charge is -2.41. The van der Waals surface area contributed by atoms with Crippen LogP contribution in [-0.2, 0) is 0 Å². The third-order valence-electron chi connectivity index (χ3n) is 6.08. The molecule has 0 aliphatic carbocycles. The van der Waals surface area contributed by atoms with Crippen molar-refractivity contribution >= 4 is 34.4 Å². The number of hydrogen-bond acceptors (Lipinski definition) is 6. The first-order valence-corrected chi connectivity index (χ1v) is 11.0. The number of rotatable bonds is 3. The van der Waals surface area contributed by atoms with Gasteiger partial charge in [0.1, 0.15) is 11.6 Å². The lowest BCUT2D eigenvalue weighted by Crippen LogP contribution is -2.50. The molecule has 9 heteroatoms. The highest BCUT2D eigenvalue weighted by atomic mass is 35.5. The number of amides is 1. The Morgan fingerprint density at radius 1 is 1.12 bits per heavy atom. The smallest absolute Gasteiger partial charge is 0.407 e. The number of carbonyl (C=O) groups is 1. The van der Waals surface area contributed by atoms with Gasteiger partial charge in [-0.25, -0.2) is 9.78 Å². The molecule has 1 aliphatic heterocycles. The van der Waals surface area contributed by atoms with Crippen LogP contribution in [0.2, 0.25) is 5.28 Å². The minimum absolute atomic E-state index is 0.148. The fourth-order valence-corrected chi connectivity index (χ4v) is 4.70. The number of fused-ring (bicyclic) bond motifs is 1. The summed E-state index contributed by atoms with van der Waals surface area (Å²) in [6, 6.07) is 15.6. The van der Waals surface area contributed by atoms with Crippen LogP contribution in [0.15, 0.2) is 53.1 Å². The van der Waals surface area contributed by atoms with E-state index >= 15 is 0 Å². The van der Waals surface area contributed by atoms with Crippen molar-refractivity contribution in [2.45, 2.75) is 19.9 Å². The quantitative estimate of drug-likeness (QED) is 0.422. The molecule has 1 amide bonds. The molecular weight excluding hydrogens is 442 g/mol. The Labute approximate surface area is 195 Å². The van der Waals surface area contributed by atoms with Crippen LogP contribution < -0.4 is 4.90 Å². The van der Waals surface area contributed by atoms with E-state index in [4.69, 9.17) is 16.1 Å². The number of halogens is 1. The van der Waals surface area contributed by atoms with E-state index in [-0.39, 0.29) is 11.3 Å². The first-order valence-electron chi connectivity index (χ1n) is 10.6. The van der Waals surface area contributed by atoms with Gasteiger partial charge in [-0.15, -0.1) is 0 Å². The van der Waals surface area contributed by atoms with Crippen molar-refractivity contribution in [1.82, 2.24) is 20.0 Å². The Bertz CT molecular complexity index is 1320. The average Bonchev–Trinajstić information content (AvgIpc) is 3.16. The molecular formula is C24H22ClN5O3. The normalized spacial score (nSPS) is 16.4. The molecule has 0 unspecified atom stereocenters. The van der Waals surface area contributed by atoms with Gasteiger partial charge in [-0.3, -0.25) is 0 Å². The molecule has 8 nitrogen and oxygen atoms in total. The van der Waals surface area contributed by atoms with Gasteiger partial charge < -0.3 is 19.4 Å². The Hall–Kier alpha value is -3.65. The number of aromatic nitrogens is 3. The van der Waals surface area contributed by atoms with Crippen LogP contribution in [0.25, 0.3) is 22.0 Å². The third kappa shape index (κ3) is 3.87. The van der Waals surface area contributed by atoms with Crippen molar-refractivity contribution in [3.05, 3.63) is 70.8 Å². The maximum Gasteiger partial charge on any atom is 0.407 e. The summed E-state index contributed by atoms with van der Waals surface area (Å²) in [6.07, 6.45) is -0.929. The standard InChI is InChI=1S/C24H22ClN5O3/c1-14-21(15(2)33-28-14)17-8-9-19-18(12-17)22(27-23(25)26-19)30-11-10-29(24(31)32)13-20(30)16-6-4-3-5-7-16/h3-9,12,20H,10-11,13H2,1-2H3,(H,31,32)/t20-/m1/s1. The predicted molar refractivity (Wildman–Crippen MR) is 126 cm³/mol. The van der Waals surface area contributed by atoms with E-state index in [9.17, 15) is 9.90 Å². The SMILES string of the molecule is Cc1noc(C)c1-c1ccc2nc(Cl)nc(N3CCN(C(=O)O)C[C@@H]3c3ccccc3)c2c1. The second-order valence-electron chi connectivity index (χ2n) is 8.10. The number of aryl methyl sites for hydroxylation is 2. The molecule has 3 heterocycles. The summed E-state index contributed by atoms with van der Waals surface area (Å²) in [6.45, 7) is 4.96. The van der Waals surface area contributed by atoms with Gasteiger partial charge in [0.25, 0.3) is 0 Å². The van der Waals surface area contributed by atoms with Gasteiger partial charge in [-0.1, -0.05) is 41.6 Å². The molecule has 1 saturated heterocycles. The van der Waals surface area contributed by atoms with Gasteiger partial charge in [0.2, 0.25) is 5.28 Å². The number of anilines is 1. The van der Waals surface area contributed by atoms with Crippen LogP contribution >= 0.6 is 11.6 Å². The molecule has 33 heavy (non-hydrogen) atoms. The van der Waals surface area contributed by atoms with Crippen molar-refractivity contribution in [3.8, 4) is 11.1 Å². The third-order valence-corrected chi connectivity index (χ3v) is 6.25. The molecule has 0 radical (unpaired) electrons. The molecule has 1 aliphatic rings. The summed E-state index contributed by atoms with van der Waals surface area (Å²) in [7, 11) is 0. The lowest BCUT2D eigenvalue weighted by atomic mass is 10.00. The van der Waals surface area contributed by atoms with Gasteiger partial charge in [-0.05, 0) is 48.7 Å². The minimum atomic E-state index is -0.929.